The molecule has 28 nitrogen and oxygen atoms in total. The molecule has 4 aromatic heterocycles. The number of carboxylic acids is 1. The number of esters is 1. The lowest BCUT2D eigenvalue weighted by molar-refractivity contribution is -0.148. The Bertz CT molecular complexity index is 4570. The number of fused-ring (bicyclic) bond motifs is 6. The molecule has 4 aliphatic carbocycles. The van der Waals surface area contributed by atoms with E-state index in [0.29, 0.717) is 88.9 Å². The highest BCUT2D eigenvalue weighted by Gasteiger charge is 2.63. The number of aryl methyl sites for hydroxylation is 2. The van der Waals surface area contributed by atoms with Gasteiger partial charge in [-0.25, -0.2) is 39.1 Å². The van der Waals surface area contributed by atoms with Crippen molar-refractivity contribution in [2.24, 2.45) is 11.8 Å². The number of aromatic nitrogens is 4. The van der Waals surface area contributed by atoms with Crippen LogP contribution in [0.15, 0.2) is 71.5 Å². The van der Waals surface area contributed by atoms with Crippen LogP contribution in [-0.4, -0.2) is 189 Å². The summed E-state index contributed by atoms with van der Waals surface area (Å²) in [7, 11) is 4.53. The molecule has 30 heteroatoms. The maximum atomic E-state index is 14.7. The van der Waals surface area contributed by atoms with E-state index in [1.165, 1.54) is 39.6 Å². The molecule has 113 heavy (non-hydrogen) atoms. The van der Waals surface area contributed by atoms with Crippen LogP contribution in [0.4, 0.5) is 19.9 Å². The van der Waals surface area contributed by atoms with E-state index in [4.69, 9.17) is 53.1 Å². The number of aliphatic carboxylic acids is 1. The lowest BCUT2D eigenvalue weighted by atomic mass is 10.0. The van der Waals surface area contributed by atoms with Crippen LogP contribution < -0.4 is 50.8 Å². The largest absolute Gasteiger partial charge is 0.496 e. The predicted octanol–water partition coefficient (Wildman–Crippen LogP) is 12.8. The first-order chi connectivity index (χ1) is 54.4. The van der Waals surface area contributed by atoms with Crippen molar-refractivity contribution < 1.29 is 76.6 Å². The number of pyridine rings is 2. The Labute approximate surface area is 666 Å². The molecule has 8 heterocycles. The number of allylic oxidation sites excluding steroid dienone is 2. The number of ether oxygens (including phenoxy) is 7. The standard InChI is InChI=1S/C42H54N6O8S.C41H52N6O8S/c1-24(2)43-40-45-32(23-57-40)31-20-35(29-17-18-34(53-4)25(3)36(29)44-31)55-28-19-33-37(49)47-42(39(51)54-5)21-26(42)13-9-7-6-8-10-16-30(38(50)48(33)22-28)46-41(52)56-27-14-11-12-15-27;1-23(2)42-39-44-31(22-56-39)30-19-34(28-16-17-33(53-4)24(3)35(28)43-30)54-27-18-32-36(48)46-41(38(50)51)20-25(41)12-8-6-5-7-9-15-29(37(49)47(32)21-27)45-40(52)55-26-13-10-11-14-26/h9,13,17-18,20,23-24,26-28,30,33H,6-8,10-12,14-16,19,21-22H2,1-5H3,(H,43,45)(H,46,52)(H,47,49);8,12,16-17,19,22-23,25-27,29,32H,5-7,9-11,13-15,18,20-21H2,1-4H3,(H,42,44)(H,45,52)(H,46,48)(H,50,51)/b13-9-;12-8-/t26?,28-,30+,33+,42-;25?,27-,29+,32+,41-/m11/s1. The van der Waals surface area contributed by atoms with E-state index in [9.17, 15) is 43.5 Å². The molecule has 6 aromatic rings. The minimum Gasteiger partial charge on any atom is -0.496 e. The van der Waals surface area contributed by atoms with Gasteiger partial charge >= 0.3 is 24.1 Å². The van der Waals surface area contributed by atoms with Crippen LogP contribution in [0.1, 0.15) is 180 Å². The first-order valence-corrected chi connectivity index (χ1v) is 41.8. The van der Waals surface area contributed by atoms with Crippen molar-refractivity contribution in [1.82, 2.24) is 51.0 Å². The second kappa shape index (κ2) is 35.7. The van der Waals surface area contributed by atoms with Gasteiger partial charge in [0.2, 0.25) is 23.6 Å². The minimum atomic E-state index is -1.45. The Morgan fingerprint density at radius 1 is 0.531 bits per heavy atom. The van der Waals surface area contributed by atoms with Crippen LogP contribution in [0.3, 0.4) is 0 Å². The van der Waals surface area contributed by atoms with Crippen LogP contribution in [0.25, 0.3) is 44.6 Å². The molecule has 2 unspecified atom stereocenters. The molecule has 4 aliphatic heterocycles. The fourth-order valence-corrected chi connectivity index (χ4v) is 18.3. The average molecular weight is 1590 g/mol. The van der Waals surface area contributed by atoms with Crippen molar-refractivity contribution in [2.75, 3.05) is 45.1 Å². The molecule has 8 aliphatic rings. The number of carbonyl (C=O) groups excluding carboxylic acids is 7. The summed E-state index contributed by atoms with van der Waals surface area (Å²) in [4.78, 5) is 133. The van der Waals surface area contributed by atoms with Gasteiger partial charge in [-0.3, -0.25) is 19.2 Å². The molecule has 6 amide bonds. The van der Waals surface area contributed by atoms with E-state index in [1.807, 2.05) is 113 Å². The van der Waals surface area contributed by atoms with Gasteiger partial charge in [0.25, 0.3) is 0 Å². The third kappa shape index (κ3) is 18.7. The number of alkyl carbamates (subject to hydrolysis) is 2. The fraction of sp³-hybridized carbons (Fsp3) is 0.566. The number of hydrogen-bond donors (Lipinski definition) is 7. The van der Waals surface area contributed by atoms with E-state index < -0.39 is 95.2 Å². The zero-order chi connectivity index (χ0) is 79.8. The molecule has 10 atom stereocenters. The van der Waals surface area contributed by atoms with Gasteiger partial charge in [0.15, 0.2) is 10.3 Å². The maximum absolute atomic E-state index is 14.7. The number of rotatable bonds is 18. The lowest BCUT2D eigenvalue weighted by Crippen LogP contribution is -2.56. The molecule has 0 bridgehead atoms. The molecule has 6 fully saturated rings. The maximum Gasteiger partial charge on any atom is 0.408 e. The number of carboxylic acid groups (broad SMARTS) is 1. The van der Waals surface area contributed by atoms with Crippen LogP contribution in [0.2, 0.25) is 0 Å². The van der Waals surface area contributed by atoms with E-state index in [-0.39, 0.29) is 68.5 Å². The number of hydrogen-bond acceptors (Lipinski definition) is 23. The summed E-state index contributed by atoms with van der Waals surface area (Å²) < 4.78 is 41.4. The normalized spacial score (nSPS) is 26.3. The van der Waals surface area contributed by atoms with E-state index in [0.717, 1.165) is 122 Å². The summed E-state index contributed by atoms with van der Waals surface area (Å²) in [5.41, 5.74) is 2.81. The summed E-state index contributed by atoms with van der Waals surface area (Å²) in [5.74, 6) is -1.75. The van der Waals surface area contributed by atoms with E-state index in [2.05, 4.69) is 31.9 Å². The van der Waals surface area contributed by atoms with Gasteiger partial charge in [-0.05, 0) is 169 Å². The summed E-state index contributed by atoms with van der Waals surface area (Å²) in [5, 5.41) is 35.4. The number of thiazole rings is 2. The Morgan fingerprint density at radius 3 is 1.36 bits per heavy atom. The quantitative estimate of drug-likeness (QED) is 0.0239. The molecule has 0 radical (unpaired) electrons. The number of benzene rings is 2. The van der Waals surface area contributed by atoms with Gasteiger partial charge in [0.05, 0.1) is 56.8 Å². The van der Waals surface area contributed by atoms with Crippen molar-refractivity contribution in [3.8, 4) is 45.8 Å². The molecule has 7 N–H and O–H groups in total. The Balaban J connectivity index is 0.000000198. The molecular formula is C83H106N12O16S2. The van der Waals surface area contributed by atoms with Gasteiger partial charge in [0.1, 0.15) is 94.0 Å². The number of amides is 6. The number of carbonyl (C=O) groups is 8. The number of anilines is 2. The highest BCUT2D eigenvalue weighted by molar-refractivity contribution is 7.14. The topological polar surface area (TPSA) is 352 Å². The number of nitrogens with one attached hydrogen (secondary N) is 6. The summed E-state index contributed by atoms with van der Waals surface area (Å²) >= 11 is 2.96. The molecule has 2 aromatic carbocycles. The van der Waals surface area contributed by atoms with Gasteiger partial charge in [-0.2, -0.15) is 0 Å². The fourth-order valence-electron chi connectivity index (χ4n) is 16.6. The summed E-state index contributed by atoms with van der Waals surface area (Å²) in [6.45, 7) is 12.1. The highest BCUT2D eigenvalue weighted by Crippen LogP contribution is 2.48. The summed E-state index contributed by atoms with van der Waals surface area (Å²) in [6.07, 6.45) is 20.0. The van der Waals surface area contributed by atoms with Crippen molar-refractivity contribution in [3.05, 3.63) is 82.6 Å². The van der Waals surface area contributed by atoms with Gasteiger partial charge in [-0.1, -0.05) is 50.0 Å². The van der Waals surface area contributed by atoms with E-state index in [1.54, 1.807) is 14.2 Å². The van der Waals surface area contributed by atoms with Gasteiger partial charge in [-0.15, -0.1) is 22.7 Å². The molecule has 606 valence electrons. The van der Waals surface area contributed by atoms with Crippen molar-refractivity contribution >= 4 is 102 Å². The van der Waals surface area contributed by atoms with Crippen LogP contribution in [0.5, 0.6) is 23.0 Å². The lowest BCUT2D eigenvalue weighted by Gasteiger charge is -2.29. The summed E-state index contributed by atoms with van der Waals surface area (Å²) in [6, 6.07) is 7.64. The average Bonchev–Trinajstić information content (AvgIpc) is 1.58. The zero-order valence-electron chi connectivity index (χ0n) is 65.9. The SMILES string of the molecule is COC(=O)[C@@]12CC1/C=C\CCCCC[C@H](NC(=O)OC1CCCC1)C(=O)N1C[C@H](Oc3cc(-c4csc(NC(C)C)n4)nc4c(C)c(OC)ccc34)C[C@H]1C(=O)N2.COc1ccc2c(O[C@@H]3C[C@H]4C(=O)N[C@]5(C(=O)O)CC5/C=C\CCCCC[C@H](NC(=O)OC5CCCC5)C(=O)N4C3)cc(-c3csc(NC(C)C)n3)nc2c1C. The molecule has 14 rings (SSSR count). The number of methoxy groups -OCH3 is 3. The van der Waals surface area contributed by atoms with Crippen molar-refractivity contribution in [1.29, 1.82) is 0 Å². The Kier molecular flexibility index (Phi) is 25.6. The van der Waals surface area contributed by atoms with E-state index >= 15 is 0 Å². The van der Waals surface area contributed by atoms with Gasteiger partial charge in [0, 0.05) is 81.6 Å². The third-order valence-corrected chi connectivity index (χ3v) is 24.4. The van der Waals surface area contributed by atoms with Gasteiger partial charge < -0.3 is 80.0 Å². The Hall–Kier alpha value is -9.84. The highest BCUT2D eigenvalue weighted by atomic mass is 32.1. The van der Waals surface area contributed by atoms with Crippen LogP contribution in [-0.2, 0) is 43.0 Å². The second-order valence-corrected chi connectivity index (χ2v) is 33.4. The molecule has 0 spiro atoms. The van der Waals surface area contributed by atoms with Crippen LogP contribution >= 0.6 is 22.7 Å². The van der Waals surface area contributed by atoms with Crippen molar-refractivity contribution in [2.45, 2.75) is 255 Å². The first-order valence-electron chi connectivity index (χ1n) is 40.0. The zero-order valence-corrected chi connectivity index (χ0v) is 67.5. The second-order valence-electron chi connectivity index (χ2n) is 31.7. The molecule has 2 saturated heterocycles. The Morgan fingerprint density at radius 2 is 0.947 bits per heavy atom. The number of nitrogens with zero attached hydrogens (tertiary/aromatic N) is 6. The molecular weight excluding hydrogens is 1490 g/mol. The third-order valence-electron chi connectivity index (χ3n) is 22.8. The first kappa shape index (κ1) is 81.2. The van der Waals surface area contributed by atoms with Crippen molar-refractivity contribution in [3.63, 3.8) is 0 Å². The smallest absolute Gasteiger partial charge is 0.408 e. The molecule has 4 saturated carbocycles. The minimum absolute atomic E-state index is 0.0314. The predicted molar refractivity (Wildman–Crippen MR) is 428 cm³/mol. The monoisotopic (exact) mass is 1590 g/mol. The van der Waals surface area contributed by atoms with Crippen LogP contribution in [0, 0.1) is 25.7 Å².